The minimum Gasteiger partial charge on any atom is -0.298 e. The lowest BCUT2D eigenvalue weighted by Crippen LogP contribution is -2.34. The predicted octanol–water partition coefficient (Wildman–Crippen LogP) is 4.31. The zero-order valence-corrected chi connectivity index (χ0v) is 12.8. The summed E-state index contributed by atoms with van der Waals surface area (Å²) >= 11 is 1.86. The van der Waals surface area contributed by atoms with Gasteiger partial charge in [0.05, 0.1) is 5.25 Å². The molecule has 2 aliphatic carbocycles. The normalized spacial score (nSPS) is 35.8. The summed E-state index contributed by atoms with van der Waals surface area (Å²) < 4.78 is 0. The molecule has 0 aromatic heterocycles. The third-order valence-electron chi connectivity index (χ3n) is 5.74. The first-order valence-electron chi connectivity index (χ1n) is 7.17. The molecule has 2 bridgehead atoms. The van der Waals surface area contributed by atoms with Crippen LogP contribution < -0.4 is 0 Å². The molecule has 0 aliphatic heterocycles. The fourth-order valence-corrected chi connectivity index (χ4v) is 5.64. The lowest BCUT2D eigenvalue weighted by Gasteiger charge is -2.32. The van der Waals surface area contributed by atoms with Crippen molar-refractivity contribution < 1.29 is 4.79 Å². The Morgan fingerprint density at radius 1 is 1.21 bits per heavy atom. The molecule has 102 valence electrons. The van der Waals surface area contributed by atoms with Crippen molar-refractivity contribution in [1.29, 1.82) is 0 Å². The molecule has 1 aromatic rings. The van der Waals surface area contributed by atoms with Crippen LogP contribution in [-0.4, -0.2) is 11.0 Å². The van der Waals surface area contributed by atoms with E-state index in [0.29, 0.717) is 11.7 Å². The van der Waals surface area contributed by atoms with Gasteiger partial charge in [0.25, 0.3) is 0 Å². The van der Waals surface area contributed by atoms with Crippen molar-refractivity contribution in [1.82, 2.24) is 0 Å². The molecule has 1 aromatic carbocycles. The predicted molar refractivity (Wildman–Crippen MR) is 81.1 cm³/mol. The first kappa shape index (κ1) is 13.2. The Morgan fingerprint density at radius 3 is 2.47 bits per heavy atom. The molecule has 3 rings (SSSR count). The van der Waals surface area contributed by atoms with Gasteiger partial charge in [0, 0.05) is 11.2 Å². The maximum Gasteiger partial charge on any atom is 0.152 e. The van der Waals surface area contributed by atoms with Crippen molar-refractivity contribution in [2.75, 3.05) is 0 Å². The SMILES string of the molecule is CC12CCC(C(SCc3ccccc3)C1=O)C2(C)C. The lowest BCUT2D eigenvalue weighted by molar-refractivity contribution is -0.127. The van der Waals surface area contributed by atoms with E-state index in [2.05, 4.69) is 45.0 Å². The van der Waals surface area contributed by atoms with Crippen molar-refractivity contribution in [2.45, 2.75) is 44.6 Å². The van der Waals surface area contributed by atoms with Crippen LogP contribution in [0.3, 0.4) is 0 Å². The van der Waals surface area contributed by atoms with E-state index in [4.69, 9.17) is 0 Å². The summed E-state index contributed by atoms with van der Waals surface area (Å²) in [5.74, 6) is 2.04. The summed E-state index contributed by atoms with van der Waals surface area (Å²) in [4.78, 5) is 12.7. The zero-order valence-electron chi connectivity index (χ0n) is 12.0. The van der Waals surface area contributed by atoms with Crippen LogP contribution in [0.5, 0.6) is 0 Å². The van der Waals surface area contributed by atoms with E-state index in [-0.39, 0.29) is 16.1 Å². The number of hydrogen-bond donors (Lipinski definition) is 0. The Bertz CT molecular complexity index is 493. The van der Waals surface area contributed by atoms with Gasteiger partial charge >= 0.3 is 0 Å². The number of carbonyl (C=O) groups is 1. The molecule has 1 nitrogen and oxygen atoms in total. The standard InChI is InChI=1S/C17H22OS/c1-16(2)13-9-10-17(16,3)15(18)14(13)19-11-12-7-5-4-6-8-12/h4-8,13-14H,9-11H2,1-3H3. The summed E-state index contributed by atoms with van der Waals surface area (Å²) in [5, 5.41) is 0.217. The van der Waals surface area contributed by atoms with Crippen molar-refractivity contribution in [3.8, 4) is 0 Å². The Hall–Kier alpha value is -0.760. The van der Waals surface area contributed by atoms with Gasteiger partial charge in [-0.05, 0) is 29.7 Å². The van der Waals surface area contributed by atoms with E-state index >= 15 is 0 Å². The highest BCUT2D eigenvalue weighted by Crippen LogP contribution is 2.65. The highest BCUT2D eigenvalue weighted by Gasteiger charge is 2.66. The fraction of sp³-hybridized carbons (Fsp3) is 0.588. The minimum atomic E-state index is -0.0774. The van der Waals surface area contributed by atoms with Gasteiger partial charge in [0.2, 0.25) is 0 Å². The second-order valence-corrected chi connectivity index (χ2v) is 7.91. The Kier molecular flexibility index (Phi) is 3.05. The average Bonchev–Trinajstić information content (AvgIpc) is 2.70. The molecule has 0 amide bonds. The first-order valence-corrected chi connectivity index (χ1v) is 8.21. The fourth-order valence-electron chi connectivity index (χ4n) is 3.96. The van der Waals surface area contributed by atoms with Crippen LogP contribution in [0.2, 0.25) is 0 Å². The van der Waals surface area contributed by atoms with E-state index < -0.39 is 0 Å². The average molecular weight is 274 g/mol. The molecular weight excluding hydrogens is 252 g/mol. The number of ketones is 1. The van der Waals surface area contributed by atoms with E-state index in [0.717, 1.165) is 12.2 Å². The van der Waals surface area contributed by atoms with Crippen LogP contribution in [0.15, 0.2) is 30.3 Å². The van der Waals surface area contributed by atoms with Crippen molar-refractivity contribution in [3.63, 3.8) is 0 Å². The summed E-state index contributed by atoms with van der Waals surface area (Å²) in [6.45, 7) is 6.79. The molecule has 3 unspecified atom stereocenters. The van der Waals surface area contributed by atoms with Crippen LogP contribution in [0, 0.1) is 16.7 Å². The summed E-state index contributed by atoms with van der Waals surface area (Å²) in [7, 11) is 0. The molecule has 2 heteroatoms. The van der Waals surface area contributed by atoms with E-state index in [1.54, 1.807) is 0 Å². The highest BCUT2D eigenvalue weighted by atomic mass is 32.2. The molecular formula is C17H22OS. The van der Waals surface area contributed by atoms with Crippen LogP contribution in [0.1, 0.15) is 39.2 Å². The van der Waals surface area contributed by atoms with Crippen LogP contribution in [0.4, 0.5) is 0 Å². The smallest absolute Gasteiger partial charge is 0.152 e. The largest absolute Gasteiger partial charge is 0.298 e. The molecule has 2 saturated carbocycles. The second-order valence-electron chi connectivity index (χ2n) is 6.78. The van der Waals surface area contributed by atoms with Gasteiger partial charge in [-0.1, -0.05) is 51.1 Å². The van der Waals surface area contributed by atoms with Crippen molar-refractivity contribution in [3.05, 3.63) is 35.9 Å². The lowest BCUT2D eigenvalue weighted by atomic mass is 9.70. The highest BCUT2D eigenvalue weighted by molar-refractivity contribution is 7.99. The van der Waals surface area contributed by atoms with Gasteiger partial charge < -0.3 is 0 Å². The molecule has 0 saturated heterocycles. The number of thioether (sulfide) groups is 1. The Morgan fingerprint density at radius 2 is 1.89 bits per heavy atom. The molecule has 19 heavy (non-hydrogen) atoms. The number of rotatable bonds is 3. The molecule has 0 heterocycles. The van der Waals surface area contributed by atoms with Gasteiger partial charge in [0.15, 0.2) is 5.78 Å². The van der Waals surface area contributed by atoms with Crippen molar-refractivity contribution >= 4 is 17.5 Å². The third-order valence-corrected chi connectivity index (χ3v) is 7.15. The molecule has 2 aliphatic rings. The molecule has 2 fully saturated rings. The van der Waals surface area contributed by atoms with Gasteiger partial charge in [-0.2, -0.15) is 0 Å². The van der Waals surface area contributed by atoms with Gasteiger partial charge in [-0.3, -0.25) is 4.79 Å². The Balaban J connectivity index is 1.75. The number of benzene rings is 1. The first-order chi connectivity index (χ1) is 8.97. The maximum atomic E-state index is 12.7. The Labute approximate surface area is 120 Å². The molecule has 3 atom stereocenters. The maximum absolute atomic E-state index is 12.7. The molecule has 0 spiro atoms. The minimum absolute atomic E-state index is 0.0774. The van der Waals surface area contributed by atoms with Crippen molar-refractivity contribution in [2.24, 2.45) is 16.7 Å². The third kappa shape index (κ3) is 1.79. The molecule has 0 N–H and O–H groups in total. The number of hydrogen-bond acceptors (Lipinski definition) is 2. The summed E-state index contributed by atoms with van der Waals surface area (Å²) in [5.41, 5.74) is 1.43. The molecule has 0 radical (unpaired) electrons. The van der Waals surface area contributed by atoms with Gasteiger partial charge in [-0.25, -0.2) is 0 Å². The second kappa shape index (κ2) is 4.37. The van der Waals surface area contributed by atoms with Crippen LogP contribution >= 0.6 is 11.8 Å². The monoisotopic (exact) mass is 274 g/mol. The summed E-state index contributed by atoms with van der Waals surface area (Å²) in [6, 6.07) is 10.5. The zero-order chi connectivity index (χ0) is 13.7. The topological polar surface area (TPSA) is 17.1 Å². The van der Waals surface area contributed by atoms with E-state index in [9.17, 15) is 4.79 Å². The number of carbonyl (C=O) groups excluding carboxylic acids is 1. The van der Waals surface area contributed by atoms with E-state index in [1.165, 1.54) is 12.0 Å². The number of Topliss-reactive ketones (excluding diaryl/α,β-unsaturated/α-hetero) is 1. The van der Waals surface area contributed by atoms with Gasteiger partial charge in [-0.15, -0.1) is 11.8 Å². The van der Waals surface area contributed by atoms with E-state index in [1.807, 2.05) is 17.8 Å². The number of fused-ring (bicyclic) bond motifs is 2. The quantitative estimate of drug-likeness (QED) is 0.817. The van der Waals surface area contributed by atoms with Crippen LogP contribution in [-0.2, 0) is 10.5 Å². The summed E-state index contributed by atoms with van der Waals surface area (Å²) in [6.07, 6.45) is 2.31. The van der Waals surface area contributed by atoms with Gasteiger partial charge in [0.1, 0.15) is 0 Å². The van der Waals surface area contributed by atoms with Crippen LogP contribution in [0.25, 0.3) is 0 Å².